The molecule has 4 nitrogen and oxygen atoms in total. The Morgan fingerprint density at radius 2 is 2.05 bits per heavy atom. The quantitative estimate of drug-likeness (QED) is 0.756. The van der Waals surface area contributed by atoms with E-state index in [1.165, 1.54) is 0 Å². The third-order valence-corrected chi connectivity index (χ3v) is 4.03. The van der Waals surface area contributed by atoms with Crippen molar-refractivity contribution in [3.8, 4) is 5.75 Å². The van der Waals surface area contributed by atoms with Crippen molar-refractivity contribution >= 4 is 0 Å². The van der Waals surface area contributed by atoms with E-state index in [9.17, 15) is 10.2 Å². The fraction of sp³-hybridized carbons (Fsp3) is 0.600. The monoisotopic (exact) mass is 265 g/mol. The first-order valence-corrected chi connectivity index (χ1v) is 6.84. The van der Waals surface area contributed by atoms with Gasteiger partial charge in [-0.05, 0) is 25.3 Å². The molecule has 2 rings (SSSR count). The number of rotatable bonds is 5. The summed E-state index contributed by atoms with van der Waals surface area (Å²) in [6.07, 6.45) is 1.77. The van der Waals surface area contributed by atoms with Crippen LogP contribution in [0.1, 0.15) is 24.0 Å². The number of hydrogen-bond acceptors (Lipinski definition) is 4. The first-order valence-electron chi connectivity index (χ1n) is 6.84. The van der Waals surface area contributed by atoms with E-state index in [0.717, 1.165) is 43.7 Å². The van der Waals surface area contributed by atoms with Crippen LogP contribution in [0, 0.1) is 12.3 Å². The van der Waals surface area contributed by atoms with Crippen molar-refractivity contribution in [1.82, 2.24) is 5.32 Å². The molecule has 19 heavy (non-hydrogen) atoms. The van der Waals surface area contributed by atoms with Crippen LogP contribution in [0.5, 0.6) is 5.75 Å². The van der Waals surface area contributed by atoms with Gasteiger partial charge in [0.25, 0.3) is 0 Å². The van der Waals surface area contributed by atoms with E-state index < -0.39 is 0 Å². The predicted molar refractivity (Wildman–Crippen MR) is 74.1 cm³/mol. The first kappa shape index (κ1) is 14.3. The molecule has 0 bridgehead atoms. The van der Waals surface area contributed by atoms with Crippen molar-refractivity contribution in [2.45, 2.75) is 26.3 Å². The highest BCUT2D eigenvalue weighted by molar-refractivity contribution is 5.39. The SMILES string of the molecule is Cc1cccc(CNCC2(CO)CCOCC2)c1O. The molecular formula is C15H23NO3. The molecule has 1 heterocycles. The molecule has 0 atom stereocenters. The van der Waals surface area contributed by atoms with E-state index in [0.29, 0.717) is 12.3 Å². The Balaban J connectivity index is 1.90. The Hall–Kier alpha value is -1.10. The van der Waals surface area contributed by atoms with Gasteiger partial charge in [-0.15, -0.1) is 0 Å². The molecular weight excluding hydrogens is 242 g/mol. The molecule has 0 radical (unpaired) electrons. The highest BCUT2D eigenvalue weighted by atomic mass is 16.5. The third-order valence-electron chi connectivity index (χ3n) is 4.03. The van der Waals surface area contributed by atoms with Crippen molar-refractivity contribution < 1.29 is 14.9 Å². The van der Waals surface area contributed by atoms with Crippen LogP contribution in [0.4, 0.5) is 0 Å². The molecule has 1 saturated heterocycles. The first-order chi connectivity index (χ1) is 9.17. The van der Waals surface area contributed by atoms with E-state index in [2.05, 4.69) is 5.32 Å². The van der Waals surface area contributed by atoms with Crippen molar-refractivity contribution in [2.75, 3.05) is 26.4 Å². The molecule has 0 aliphatic carbocycles. The van der Waals surface area contributed by atoms with Crippen LogP contribution in [0.2, 0.25) is 0 Å². The summed E-state index contributed by atoms with van der Waals surface area (Å²) in [5, 5.41) is 22.9. The van der Waals surface area contributed by atoms with Gasteiger partial charge in [-0.3, -0.25) is 0 Å². The zero-order valence-corrected chi connectivity index (χ0v) is 11.5. The number of nitrogens with one attached hydrogen (secondary N) is 1. The van der Waals surface area contributed by atoms with E-state index in [1.807, 2.05) is 25.1 Å². The molecule has 4 heteroatoms. The Morgan fingerprint density at radius 1 is 1.32 bits per heavy atom. The number of benzene rings is 1. The number of aliphatic hydroxyl groups excluding tert-OH is 1. The van der Waals surface area contributed by atoms with E-state index in [4.69, 9.17) is 4.74 Å². The predicted octanol–water partition coefficient (Wildman–Crippen LogP) is 1.58. The third kappa shape index (κ3) is 3.47. The molecule has 0 aromatic heterocycles. The molecule has 0 saturated carbocycles. The average molecular weight is 265 g/mol. The number of phenols is 1. The maximum absolute atomic E-state index is 9.95. The summed E-state index contributed by atoms with van der Waals surface area (Å²) in [5.41, 5.74) is 1.72. The lowest BCUT2D eigenvalue weighted by Crippen LogP contribution is -2.41. The number of phenolic OH excluding ortho intramolecular Hbond substituents is 1. The molecule has 106 valence electrons. The lowest BCUT2D eigenvalue weighted by molar-refractivity contribution is -0.0154. The van der Waals surface area contributed by atoms with Gasteiger partial charge in [0.2, 0.25) is 0 Å². The van der Waals surface area contributed by atoms with Gasteiger partial charge in [-0.1, -0.05) is 18.2 Å². The van der Waals surface area contributed by atoms with Crippen LogP contribution in [0.3, 0.4) is 0 Å². The lowest BCUT2D eigenvalue weighted by atomic mass is 9.81. The Bertz CT molecular complexity index is 414. The van der Waals surface area contributed by atoms with Gasteiger partial charge in [0.1, 0.15) is 5.75 Å². The summed E-state index contributed by atoms with van der Waals surface area (Å²) in [4.78, 5) is 0. The Labute approximate surface area is 114 Å². The van der Waals surface area contributed by atoms with Gasteiger partial charge in [-0.2, -0.15) is 0 Å². The molecule has 0 unspecified atom stereocenters. The van der Waals surface area contributed by atoms with E-state index >= 15 is 0 Å². The fourth-order valence-corrected chi connectivity index (χ4v) is 2.52. The smallest absolute Gasteiger partial charge is 0.122 e. The standard InChI is InChI=1S/C15H23NO3/c1-12-3-2-4-13(14(12)18)9-16-10-15(11-17)5-7-19-8-6-15/h2-4,16-18H,5-11H2,1H3. The summed E-state index contributed by atoms with van der Waals surface area (Å²) in [5.74, 6) is 0.361. The van der Waals surface area contributed by atoms with Crippen molar-refractivity contribution in [2.24, 2.45) is 5.41 Å². The minimum atomic E-state index is -0.0717. The summed E-state index contributed by atoms with van der Waals surface area (Å²) in [6.45, 7) is 4.89. The van der Waals surface area contributed by atoms with E-state index in [-0.39, 0.29) is 12.0 Å². The van der Waals surface area contributed by atoms with Gasteiger partial charge in [0.15, 0.2) is 0 Å². The van der Waals surface area contributed by atoms with Crippen LogP contribution in [-0.4, -0.2) is 36.6 Å². The molecule has 0 spiro atoms. The highest BCUT2D eigenvalue weighted by Crippen LogP contribution is 2.29. The second kappa shape index (κ2) is 6.37. The van der Waals surface area contributed by atoms with Crippen molar-refractivity contribution in [1.29, 1.82) is 0 Å². The van der Waals surface area contributed by atoms with Crippen LogP contribution in [0.15, 0.2) is 18.2 Å². The number of hydrogen-bond donors (Lipinski definition) is 3. The minimum absolute atomic E-state index is 0.0717. The van der Waals surface area contributed by atoms with Gasteiger partial charge in [-0.25, -0.2) is 0 Å². The van der Waals surface area contributed by atoms with Gasteiger partial charge in [0, 0.05) is 37.3 Å². The summed E-state index contributed by atoms with van der Waals surface area (Å²) in [6, 6.07) is 5.76. The molecule has 3 N–H and O–H groups in total. The maximum Gasteiger partial charge on any atom is 0.122 e. The summed E-state index contributed by atoms with van der Waals surface area (Å²) < 4.78 is 5.35. The molecule has 1 aromatic carbocycles. The molecule has 0 amide bonds. The van der Waals surface area contributed by atoms with Crippen LogP contribution < -0.4 is 5.32 Å². The highest BCUT2D eigenvalue weighted by Gasteiger charge is 2.31. The van der Waals surface area contributed by atoms with E-state index in [1.54, 1.807) is 0 Å². The van der Waals surface area contributed by atoms with Crippen LogP contribution >= 0.6 is 0 Å². The summed E-state index contributed by atoms with van der Waals surface area (Å²) in [7, 11) is 0. The fourth-order valence-electron chi connectivity index (χ4n) is 2.52. The molecule has 1 aromatic rings. The van der Waals surface area contributed by atoms with Crippen molar-refractivity contribution in [3.63, 3.8) is 0 Å². The van der Waals surface area contributed by atoms with Gasteiger partial charge >= 0.3 is 0 Å². The molecule has 1 fully saturated rings. The lowest BCUT2D eigenvalue weighted by Gasteiger charge is -2.35. The zero-order valence-electron chi connectivity index (χ0n) is 11.5. The number of aromatic hydroxyl groups is 1. The number of aryl methyl sites for hydroxylation is 1. The van der Waals surface area contributed by atoms with Gasteiger partial charge < -0.3 is 20.3 Å². The number of aliphatic hydroxyl groups is 1. The zero-order chi connectivity index (χ0) is 13.7. The normalized spacial score (nSPS) is 18.4. The maximum atomic E-state index is 9.95. The Kier molecular flexibility index (Phi) is 4.80. The number of para-hydroxylation sites is 1. The van der Waals surface area contributed by atoms with Gasteiger partial charge in [0.05, 0.1) is 6.61 Å². The Morgan fingerprint density at radius 3 is 2.74 bits per heavy atom. The van der Waals surface area contributed by atoms with Crippen LogP contribution in [0.25, 0.3) is 0 Å². The van der Waals surface area contributed by atoms with Crippen LogP contribution in [-0.2, 0) is 11.3 Å². The number of ether oxygens (including phenoxy) is 1. The largest absolute Gasteiger partial charge is 0.507 e. The molecule has 1 aliphatic rings. The second-order valence-electron chi connectivity index (χ2n) is 5.46. The van der Waals surface area contributed by atoms with Crippen molar-refractivity contribution in [3.05, 3.63) is 29.3 Å². The second-order valence-corrected chi connectivity index (χ2v) is 5.46. The molecule has 1 aliphatic heterocycles. The topological polar surface area (TPSA) is 61.7 Å². The minimum Gasteiger partial charge on any atom is -0.507 e. The average Bonchev–Trinajstić information content (AvgIpc) is 2.44. The summed E-state index contributed by atoms with van der Waals surface area (Å²) >= 11 is 0.